The van der Waals surface area contributed by atoms with Crippen molar-refractivity contribution in [2.24, 2.45) is 0 Å². The summed E-state index contributed by atoms with van der Waals surface area (Å²) in [6.45, 7) is 5.81. The Kier molecular flexibility index (Phi) is 5.15. The number of rotatable bonds is 3. The maximum Gasteiger partial charge on any atom is 0.410 e. The number of carbonyl (C=O) groups excluding carboxylic acids is 1. The van der Waals surface area contributed by atoms with E-state index in [1.165, 1.54) is 17.2 Å². The van der Waals surface area contributed by atoms with Crippen LogP contribution < -0.4 is 0 Å². The summed E-state index contributed by atoms with van der Waals surface area (Å²) < 4.78 is 30.3. The Labute approximate surface area is 140 Å². The lowest BCUT2D eigenvalue weighted by Crippen LogP contribution is -2.42. The van der Waals surface area contributed by atoms with Gasteiger partial charge in [0.15, 0.2) is 14.9 Å². The van der Waals surface area contributed by atoms with Gasteiger partial charge in [-0.25, -0.2) is 23.2 Å². The van der Waals surface area contributed by atoms with Crippen molar-refractivity contribution in [1.82, 2.24) is 14.9 Å². The van der Waals surface area contributed by atoms with Crippen molar-refractivity contribution in [2.75, 3.05) is 12.3 Å². The number of hydrogen-bond acceptors (Lipinski definition) is 6. The van der Waals surface area contributed by atoms with Gasteiger partial charge < -0.3 is 9.64 Å². The van der Waals surface area contributed by atoms with E-state index in [4.69, 9.17) is 16.3 Å². The minimum Gasteiger partial charge on any atom is -0.444 e. The molecule has 0 N–H and O–H groups in total. The molecule has 1 fully saturated rings. The normalized spacial score (nSPS) is 19.0. The first kappa shape index (κ1) is 17.9. The predicted octanol–water partition coefficient (Wildman–Crippen LogP) is 2.30. The molecule has 1 amide bonds. The van der Waals surface area contributed by atoms with Crippen LogP contribution in [0.15, 0.2) is 17.3 Å². The van der Waals surface area contributed by atoms with Crippen molar-refractivity contribution >= 4 is 27.5 Å². The van der Waals surface area contributed by atoms with Crippen molar-refractivity contribution in [1.29, 1.82) is 0 Å². The summed E-state index contributed by atoms with van der Waals surface area (Å²) in [5, 5.41) is -0.255. The molecule has 1 saturated heterocycles. The molecule has 0 aromatic carbocycles. The van der Waals surface area contributed by atoms with E-state index in [2.05, 4.69) is 9.97 Å². The van der Waals surface area contributed by atoms with Crippen LogP contribution in [0.3, 0.4) is 0 Å². The van der Waals surface area contributed by atoms with Crippen LogP contribution >= 0.6 is 11.6 Å². The molecule has 1 unspecified atom stereocenters. The molecule has 1 aliphatic heterocycles. The maximum atomic E-state index is 12.5. The third-order valence-electron chi connectivity index (χ3n) is 3.34. The molecule has 7 nitrogen and oxygen atoms in total. The third-order valence-corrected chi connectivity index (χ3v) is 5.21. The van der Waals surface area contributed by atoms with Crippen LogP contribution in [-0.2, 0) is 14.6 Å². The van der Waals surface area contributed by atoms with E-state index in [9.17, 15) is 13.2 Å². The Hall–Kier alpha value is -1.41. The fourth-order valence-electron chi connectivity index (χ4n) is 2.40. The molecule has 2 heterocycles. The molecule has 23 heavy (non-hydrogen) atoms. The summed E-state index contributed by atoms with van der Waals surface area (Å²) in [5.74, 6) is -0.209. The first-order valence-electron chi connectivity index (χ1n) is 7.29. The summed E-state index contributed by atoms with van der Waals surface area (Å²) in [6.07, 6.45) is 2.15. The Balaban J connectivity index is 2.13. The van der Waals surface area contributed by atoms with Gasteiger partial charge in [-0.15, -0.1) is 0 Å². The van der Waals surface area contributed by atoms with Crippen molar-refractivity contribution in [3.05, 3.63) is 17.5 Å². The molecule has 0 saturated carbocycles. The fourth-order valence-corrected chi connectivity index (χ4v) is 4.12. The van der Waals surface area contributed by atoms with E-state index in [-0.39, 0.29) is 16.1 Å². The number of halogens is 1. The smallest absolute Gasteiger partial charge is 0.410 e. The van der Waals surface area contributed by atoms with Crippen LogP contribution in [0, 0.1) is 0 Å². The second-order valence-corrected chi connectivity index (χ2v) is 8.73. The molecular weight excluding hydrogens is 342 g/mol. The number of carbonyl (C=O) groups is 1. The van der Waals surface area contributed by atoms with Crippen LogP contribution in [0.4, 0.5) is 4.79 Å². The van der Waals surface area contributed by atoms with Crippen LogP contribution in [0.2, 0.25) is 5.28 Å². The zero-order valence-electron chi connectivity index (χ0n) is 13.3. The fraction of sp³-hybridized carbons (Fsp3) is 0.643. The second-order valence-electron chi connectivity index (χ2n) is 6.42. The molecular formula is C14H20ClN3O4S. The lowest BCUT2D eigenvalue weighted by atomic mass is 10.2. The molecule has 0 radical (unpaired) electrons. The van der Waals surface area contributed by atoms with Gasteiger partial charge in [-0.1, -0.05) is 0 Å². The van der Waals surface area contributed by atoms with Crippen molar-refractivity contribution < 1.29 is 17.9 Å². The minimum atomic E-state index is -3.66. The van der Waals surface area contributed by atoms with E-state index in [0.717, 1.165) is 6.42 Å². The van der Waals surface area contributed by atoms with Crippen molar-refractivity contribution in [2.45, 2.75) is 50.3 Å². The summed E-state index contributed by atoms with van der Waals surface area (Å²) in [5.41, 5.74) is -0.622. The van der Waals surface area contributed by atoms with Crippen LogP contribution in [0.25, 0.3) is 0 Å². The molecule has 1 aromatic heterocycles. The molecule has 1 aliphatic rings. The summed E-state index contributed by atoms with van der Waals surface area (Å²) in [7, 11) is -3.66. The van der Waals surface area contributed by atoms with Gasteiger partial charge in [-0.05, 0) is 51.3 Å². The van der Waals surface area contributed by atoms with E-state index in [1.54, 1.807) is 20.8 Å². The Bertz CT molecular complexity index is 688. The number of hydrogen-bond donors (Lipinski definition) is 0. The van der Waals surface area contributed by atoms with Gasteiger partial charge in [-0.3, -0.25) is 0 Å². The average Bonchev–Trinajstić information content (AvgIpc) is 2.84. The van der Waals surface area contributed by atoms with E-state index in [0.29, 0.717) is 13.0 Å². The molecule has 9 heteroatoms. The highest BCUT2D eigenvalue weighted by Crippen LogP contribution is 2.24. The molecule has 1 aromatic rings. The van der Waals surface area contributed by atoms with Gasteiger partial charge in [0.2, 0.25) is 5.28 Å². The van der Waals surface area contributed by atoms with Crippen molar-refractivity contribution in [3.8, 4) is 0 Å². The number of sulfone groups is 1. The van der Waals surface area contributed by atoms with Gasteiger partial charge >= 0.3 is 6.09 Å². The molecule has 0 bridgehead atoms. The standard InChI is InChI=1S/C14H20ClN3O4S/c1-14(2,3)22-13(19)18-8-4-5-10(18)9-23(20,21)11-6-7-16-12(15)17-11/h6-7,10H,4-5,8-9H2,1-3H3. The number of nitrogens with zero attached hydrogens (tertiary/aromatic N) is 3. The van der Waals surface area contributed by atoms with E-state index in [1.807, 2.05) is 0 Å². The number of likely N-dealkylation sites (tertiary alicyclic amines) is 1. The van der Waals surface area contributed by atoms with Crippen molar-refractivity contribution in [3.63, 3.8) is 0 Å². The average molecular weight is 362 g/mol. The molecule has 0 spiro atoms. The van der Waals surface area contributed by atoms with Crippen LogP contribution in [0.5, 0.6) is 0 Å². The Morgan fingerprint density at radius 3 is 2.78 bits per heavy atom. The van der Waals surface area contributed by atoms with Crippen LogP contribution in [-0.4, -0.2) is 53.3 Å². The summed E-state index contributed by atoms with van der Waals surface area (Å²) in [6, 6.07) is 0.872. The largest absolute Gasteiger partial charge is 0.444 e. The first-order valence-corrected chi connectivity index (χ1v) is 9.32. The zero-order chi connectivity index (χ0) is 17.3. The van der Waals surface area contributed by atoms with E-state index >= 15 is 0 Å². The maximum absolute atomic E-state index is 12.5. The highest BCUT2D eigenvalue weighted by Gasteiger charge is 2.35. The molecule has 128 valence electrons. The van der Waals surface area contributed by atoms with Crippen LogP contribution in [0.1, 0.15) is 33.6 Å². The lowest BCUT2D eigenvalue weighted by molar-refractivity contribution is 0.0241. The van der Waals surface area contributed by atoms with Gasteiger partial charge in [0, 0.05) is 18.8 Å². The highest BCUT2D eigenvalue weighted by molar-refractivity contribution is 7.91. The van der Waals surface area contributed by atoms with Gasteiger partial charge in [0.1, 0.15) is 5.60 Å². The first-order chi connectivity index (χ1) is 10.6. The van der Waals surface area contributed by atoms with Gasteiger partial charge in [0.05, 0.1) is 5.75 Å². The third kappa shape index (κ3) is 4.78. The number of ether oxygens (including phenoxy) is 1. The van der Waals surface area contributed by atoms with Gasteiger partial charge in [-0.2, -0.15) is 0 Å². The lowest BCUT2D eigenvalue weighted by Gasteiger charge is -2.28. The SMILES string of the molecule is CC(C)(C)OC(=O)N1CCCC1CS(=O)(=O)c1ccnc(Cl)n1. The molecule has 1 atom stereocenters. The monoisotopic (exact) mass is 361 g/mol. The molecule has 2 rings (SSSR count). The Morgan fingerprint density at radius 2 is 2.17 bits per heavy atom. The molecule has 0 aliphatic carbocycles. The van der Waals surface area contributed by atoms with Gasteiger partial charge in [0.25, 0.3) is 0 Å². The highest BCUT2D eigenvalue weighted by atomic mass is 35.5. The summed E-state index contributed by atoms with van der Waals surface area (Å²) >= 11 is 5.65. The number of aromatic nitrogens is 2. The minimum absolute atomic E-state index is 0.124. The topological polar surface area (TPSA) is 89.5 Å². The Morgan fingerprint density at radius 1 is 1.48 bits per heavy atom. The quantitative estimate of drug-likeness (QED) is 0.606. The zero-order valence-corrected chi connectivity index (χ0v) is 14.9. The number of amides is 1. The second kappa shape index (κ2) is 6.60. The summed E-state index contributed by atoms with van der Waals surface area (Å²) in [4.78, 5) is 21.1. The predicted molar refractivity (Wildman–Crippen MR) is 85.1 cm³/mol. The van der Waals surface area contributed by atoms with E-state index < -0.39 is 27.6 Å².